The summed E-state index contributed by atoms with van der Waals surface area (Å²) in [7, 11) is 0. The van der Waals surface area contributed by atoms with Gasteiger partial charge in [0, 0.05) is 21.5 Å². The molecule has 0 fully saturated rings. The van der Waals surface area contributed by atoms with Crippen LogP contribution in [-0.4, -0.2) is 10.1 Å². The number of nitrogens with one attached hydrogen (secondary N) is 1. The molecule has 3 aromatic rings. The zero-order valence-corrected chi connectivity index (χ0v) is 11.0. The normalized spacial score (nSPS) is 11.2. The van der Waals surface area contributed by atoms with E-state index in [4.69, 9.17) is 11.6 Å². The van der Waals surface area contributed by atoms with Gasteiger partial charge >= 0.3 is 0 Å². The standard InChI is InChI=1S/C12H10ClN3OS/c13-12-8-3-1-2-4-9(8)18-10(12)5-14-6-11-15-7-17-16-11/h1-4,7,14H,5-6H2. The molecular formula is C12H10ClN3OS. The Labute approximate surface area is 113 Å². The lowest BCUT2D eigenvalue weighted by molar-refractivity contribution is 0.407. The number of nitrogens with zero attached hydrogens (tertiary/aromatic N) is 2. The van der Waals surface area contributed by atoms with Crippen molar-refractivity contribution in [2.75, 3.05) is 0 Å². The second-order valence-corrected chi connectivity index (χ2v) is 5.30. The summed E-state index contributed by atoms with van der Waals surface area (Å²) in [5.41, 5.74) is 0. The predicted octanol–water partition coefficient (Wildman–Crippen LogP) is 3.23. The molecule has 0 saturated carbocycles. The SMILES string of the molecule is Clc1c(CNCc2ncon2)sc2ccccc12. The lowest BCUT2D eigenvalue weighted by Gasteiger charge is -1.99. The molecule has 2 aromatic heterocycles. The topological polar surface area (TPSA) is 51.0 Å². The molecule has 0 amide bonds. The molecule has 92 valence electrons. The van der Waals surface area contributed by atoms with Gasteiger partial charge in [-0.05, 0) is 6.07 Å². The number of fused-ring (bicyclic) bond motifs is 1. The lowest BCUT2D eigenvalue weighted by atomic mass is 10.2. The number of rotatable bonds is 4. The maximum atomic E-state index is 6.34. The van der Waals surface area contributed by atoms with E-state index in [-0.39, 0.29) is 0 Å². The van der Waals surface area contributed by atoms with Gasteiger partial charge in [-0.3, -0.25) is 0 Å². The van der Waals surface area contributed by atoms with E-state index in [2.05, 4.69) is 26.0 Å². The van der Waals surface area contributed by atoms with E-state index in [1.165, 1.54) is 11.1 Å². The Bertz CT molecular complexity index is 650. The highest BCUT2D eigenvalue weighted by Crippen LogP contribution is 2.34. The molecule has 0 unspecified atom stereocenters. The molecule has 2 heterocycles. The van der Waals surface area contributed by atoms with Crippen LogP contribution in [0.4, 0.5) is 0 Å². The van der Waals surface area contributed by atoms with Crippen molar-refractivity contribution in [2.24, 2.45) is 0 Å². The third kappa shape index (κ3) is 2.25. The van der Waals surface area contributed by atoms with Gasteiger partial charge in [0.05, 0.1) is 11.6 Å². The molecule has 0 aliphatic rings. The summed E-state index contributed by atoms with van der Waals surface area (Å²) in [4.78, 5) is 5.07. The third-order valence-electron chi connectivity index (χ3n) is 2.58. The largest absolute Gasteiger partial charge is 0.343 e. The maximum absolute atomic E-state index is 6.34. The van der Waals surface area contributed by atoms with E-state index in [1.807, 2.05) is 18.2 Å². The molecule has 0 spiro atoms. The summed E-state index contributed by atoms with van der Waals surface area (Å²) in [6.45, 7) is 1.27. The molecule has 4 nitrogen and oxygen atoms in total. The second kappa shape index (κ2) is 5.06. The summed E-state index contributed by atoms with van der Waals surface area (Å²) in [6.07, 6.45) is 1.32. The van der Waals surface area contributed by atoms with Gasteiger partial charge in [-0.15, -0.1) is 11.3 Å². The number of thiophene rings is 1. The summed E-state index contributed by atoms with van der Waals surface area (Å²) in [5, 5.41) is 8.92. The first kappa shape index (κ1) is 11.6. The lowest BCUT2D eigenvalue weighted by Crippen LogP contribution is -2.12. The fourth-order valence-electron chi connectivity index (χ4n) is 1.74. The van der Waals surface area contributed by atoms with Gasteiger partial charge in [-0.25, -0.2) is 0 Å². The first-order chi connectivity index (χ1) is 8.84. The van der Waals surface area contributed by atoms with E-state index >= 15 is 0 Å². The Kier molecular flexibility index (Phi) is 3.27. The monoisotopic (exact) mass is 279 g/mol. The van der Waals surface area contributed by atoms with Gasteiger partial charge in [0.2, 0.25) is 6.39 Å². The zero-order valence-electron chi connectivity index (χ0n) is 9.39. The molecule has 0 saturated heterocycles. The predicted molar refractivity (Wildman–Crippen MR) is 71.7 cm³/mol. The molecule has 6 heteroatoms. The minimum atomic E-state index is 0.571. The van der Waals surface area contributed by atoms with Gasteiger partial charge in [0.15, 0.2) is 5.82 Å². The molecule has 1 aromatic carbocycles. The van der Waals surface area contributed by atoms with Gasteiger partial charge in [-0.2, -0.15) is 4.98 Å². The summed E-state index contributed by atoms with van der Waals surface area (Å²) >= 11 is 8.04. The highest BCUT2D eigenvalue weighted by Gasteiger charge is 2.09. The fourth-order valence-corrected chi connectivity index (χ4v) is 3.21. The Morgan fingerprint density at radius 2 is 2.17 bits per heavy atom. The maximum Gasteiger partial charge on any atom is 0.213 e. The van der Waals surface area contributed by atoms with Crippen LogP contribution in [0.5, 0.6) is 0 Å². The van der Waals surface area contributed by atoms with Crippen LogP contribution in [0.15, 0.2) is 35.2 Å². The van der Waals surface area contributed by atoms with Gasteiger partial charge in [0.25, 0.3) is 0 Å². The van der Waals surface area contributed by atoms with Crippen molar-refractivity contribution < 1.29 is 4.52 Å². The van der Waals surface area contributed by atoms with Crippen molar-refractivity contribution >= 4 is 33.0 Å². The number of benzene rings is 1. The molecular weight excluding hydrogens is 270 g/mol. The van der Waals surface area contributed by atoms with Crippen LogP contribution < -0.4 is 5.32 Å². The molecule has 0 atom stereocenters. The van der Waals surface area contributed by atoms with E-state index in [0.29, 0.717) is 18.9 Å². The fraction of sp³-hybridized carbons (Fsp3) is 0.167. The quantitative estimate of drug-likeness (QED) is 0.797. The summed E-state index contributed by atoms with van der Waals surface area (Å²) < 4.78 is 5.87. The van der Waals surface area contributed by atoms with Crippen molar-refractivity contribution in [3.8, 4) is 0 Å². The number of hydrogen-bond acceptors (Lipinski definition) is 5. The smallest absolute Gasteiger partial charge is 0.213 e. The minimum absolute atomic E-state index is 0.571. The Morgan fingerprint density at radius 3 is 2.94 bits per heavy atom. The minimum Gasteiger partial charge on any atom is -0.343 e. The second-order valence-electron chi connectivity index (χ2n) is 3.79. The van der Waals surface area contributed by atoms with Crippen LogP contribution in [0, 0.1) is 0 Å². The molecule has 0 aliphatic heterocycles. The number of aromatic nitrogens is 2. The molecule has 3 rings (SSSR count). The third-order valence-corrected chi connectivity index (χ3v) is 4.29. The van der Waals surface area contributed by atoms with Crippen molar-refractivity contribution in [3.63, 3.8) is 0 Å². The van der Waals surface area contributed by atoms with Crippen LogP contribution in [0.2, 0.25) is 5.02 Å². The van der Waals surface area contributed by atoms with Crippen molar-refractivity contribution in [3.05, 3.63) is 46.4 Å². The van der Waals surface area contributed by atoms with Gasteiger partial charge in [0.1, 0.15) is 0 Å². The van der Waals surface area contributed by atoms with Crippen molar-refractivity contribution in [1.29, 1.82) is 0 Å². The van der Waals surface area contributed by atoms with E-state index in [1.54, 1.807) is 11.3 Å². The number of hydrogen-bond donors (Lipinski definition) is 1. The Morgan fingerprint density at radius 1 is 1.28 bits per heavy atom. The highest BCUT2D eigenvalue weighted by molar-refractivity contribution is 7.19. The highest BCUT2D eigenvalue weighted by atomic mass is 35.5. The molecule has 1 N–H and O–H groups in total. The number of halogens is 1. The first-order valence-electron chi connectivity index (χ1n) is 5.46. The first-order valence-corrected chi connectivity index (χ1v) is 6.66. The molecule has 0 radical (unpaired) electrons. The average Bonchev–Trinajstić information content (AvgIpc) is 3.00. The molecule has 18 heavy (non-hydrogen) atoms. The van der Waals surface area contributed by atoms with Crippen LogP contribution in [0.25, 0.3) is 10.1 Å². The average molecular weight is 280 g/mol. The Hall–Kier alpha value is -1.43. The van der Waals surface area contributed by atoms with Crippen LogP contribution in [0.3, 0.4) is 0 Å². The van der Waals surface area contributed by atoms with E-state index in [0.717, 1.165) is 15.3 Å². The van der Waals surface area contributed by atoms with Crippen molar-refractivity contribution in [1.82, 2.24) is 15.5 Å². The molecule has 0 aliphatic carbocycles. The van der Waals surface area contributed by atoms with E-state index in [9.17, 15) is 0 Å². The summed E-state index contributed by atoms with van der Waals surface area (Å²) in [6, 6.07) is 8.13. The van der Waals surface area contributed by atoms with Gasteiger partial charge < -0.3 is 9.84 Å². The van der Waals surface area contributed by atoms with Gasteiger partial charge in [-0.1, -0.05) is 35.0 Å². The van der Waals surface area contributed by atoms with Crippen molar-refractivity contribution in [2.45, 2.75) is 13.1 Å². The van der Waals surface area contributed by atoms with Crippen LogP contribution >= 0.6 is 22.9 Å². The van der Waals surface area contributed by atoms with E-state index < -0.39 is 0 Å². The zero-order chi connectivity index (χ0) is 12.4. The Balaban J connectivity index is 1.73. The van der Waals surface area contributed by atoms with Crippen LogP contribution in [-0.2, 0) is 13.1 Å². The summed E-state index contributed by atoms with van der Waals surface area (Å²) in [5.74, 6) is 0.646. The van der Waals surface area contributed by atoms with Crippen LogP contribution in [0.1, 0.15) is 10.7 Å². The molecule has 0 bridgehead atoms.